The smallest absolute Gasteiger partial charge is 0.136 e. The molecule has 0 radical (unpaired) electrons. The van der Waals surface area contributed by atoms with E-state index in [9.17, 15) is 0 Å². The summed E-state index contributed by atoms with van der Waals surface area (Å²) in [4.78, 5) is 0. The molecule has 2 atom stereocenters. The zero-order chi connectivity index (χ0) is 12.3. The van der Waals surface area contributed by atoms with Crippen molar-refractivity contribution in [2.24, 2.45) is 5.73 Å². The van der Waals surface area contributed by atoms with E-state index in [0.717, 1.165) is 31.6 Å². The number of unbranched alkanes of at least 4 members (excludes halogenated alkanes) is 1. The van der Waals surface area contributed by atoms with Crippen LogP contribution in [0.25, 0.3) is 0 Å². The van der Waals surface area contributed by atoms with Crippen LogP contribution in [0.15, 0.2) is 0 Å². The lowest BCUT2D eigenvalue weighted by Crippen LogP contribution is -2.33. The third-order valence-corrected chi connectivity index (χ3v) is 3.78. The molecule has 96 valence electrons. The molecule has 1 aliphatic heterocycles. The Kier molecular flexibility index (Phi) is 4.15. The van der Waals surface area contributed by atoms with Gasteiger partial charge < -0.3 is 10.3 Å². The Bertz CT molecular complexity index is 358. The molecule has 4 nitrogen and oxygen atoms in total. The van der Waals surface area contributed by atoms with E-state index < -0.39 is 0 Å². The zero-order valence-electron chi connectivity index (χ0n) is 11.0. The predicted octanol–water partition coefficient (Wildman–Crippen LogP) is 2.24. The van der Waals surface area contributed by atoms with E-state index in [4.69, 9.17) is 5.73 Å². The number of nitrogens with zero attached hydrogens (tertiary/aromatic N) is 3. The molecule has 4 heteroatoms. The van der Waals surface area contributed by atoms with Crippen molar-refractivity contribution in [3.8, 4) is 0 Å². The maximum absolute atomic E-state index is 6.04. The molecule has 0 saturated heterocycles. The molecule has 0 amide bonds. The van der Waals surface area contributed by atoms with Gasteiger partial charge in [0.25, 0.3) is 0 Å². The average Bonchev–Trinajstić information content (AvgIpc) is 2.73. The molecule has 1 aromatic rings. The van der Waals surface area contributed by atoms with Crippen LogP contribution in [0.4, 0.5) is 0 Å². The minimum Gasteiger partial charge on any atom is -0.326 e. The summed E-state index contributed by atoms with van der Waals surface area (Å²) in [5.41, 5.74) is 6.04. The van der Waals surface area contributed by atoms with Gasteiger partial charge in [-0.1, -0.05) is 26.7 Å². The summed E-state index contributed by atoms with van der Waals surface area (Å²) in [6, 6.07) is 0.279. The van der Waals surface area contributed by atoms with E-state index in [2.05, 4.69) is 28.6 Å². The minimum absolute atomic E-state index is 0.279. The first-order chi connectivity index (χ1) is 8.26. The highest BCUT2D eigenvalue weighted by Crippen LogP contribution is 2.26. The van der Waals surface area contributed by atoms with Crippen molar-refractivity contribution < 1.29 is 0 Å². The van der Waals surface area contributed by atoms with Crippen LogP contribution in [0.2, 0.25) is 0 Å². The molecule has 2 unspecified atom stereocenters. The predicted molar refractivity (Wildman–Crippen MR) is 68.9 cm³/mol. The summed E-state index contributed by atoms with van der Waals surface area (Å²) in [5, 5.41) is 8.74. The Morgan fingerprint density at radius 2 is 2.24 bits per heavy atom. The van der Waals surface area contributed by atoms with Gasteiger partial charge in [0.2, 0.25) is 0 Å². The lowest BCUT2D eigenvalue weighted by Gasteiger charge is -2.23. The highest BCUT2D eigenvalue weighted by Gasteiger charge is 2.24. The Hall–Kier alpha value is -0.900. The van der Waals surface area contributed by atoms with Gasteiger partial charge in [0, 0.05) is 24.9 Å². The SMILES string of the molecule is CCCCC(CC)c1nnc2n1CC(N)CC2. The summed E-state index contributed by atoms with van der Waals surface area (Å²) in [5.74, 6) is 2.87. The third kappa shape index (κ3) is 2.68. The van der Waals surface area contributed by atoms with Gasteiger partial charge in [0.15, 0.2) is 0 Å². The molecule has 0 bridgehead atoms. The first-order valence-electron chi connectivity index (χ1n) is 6.93. The number of aryl methyl sites for hydroxylation is 1. The lowest BCUT2D eigenvalue weighted by molar-refractivity contribution is 0.423. The Labute approximate surface area is 104 Å². The number of nitrogens with two attached hydrogens (primary N) is 1. The molecule has 2 N–H and O–H groups in total. The van der Waals surface area contributed by atoms with E-state index in [0.29, 0.717) is 5.92 Å². The van der Waals surface area contributed by atoms with Crippen molar-refractivity contribution >= 4 is 0 Å². The van der Waals surface area contributed by atoms with E-state index >= 15 is 0 Å². The van der Waals surface area contributed by atoms with Crippen molar-refractivity contribution in [1.29, 1.82) is 0 Å². The van der Waals surface area contributed by atoms with E-state index in [1.165, 1.54) is 25.1 Å². The molecule has 1 aromatic heterocycles. The van der Waals surface area contributed by atoms with Crippen molar-refractivity contribution in [2.45, 2.75) is 70.9 Å². The van der Waals surface area contributed by atoms with Crippen molar-refractivity contribution in [3.05, 3.63) is 11.6 Å². The molecule has 2 heterocycles. The van der Waals surface area contributed by atoms with Crippen molar-refractivity contribution in [1.82, 2.24) is 14.8 Å². The van der Waals surface area contributed by atoms with Crippen LogP contribution in [0.5, 0.6) is 0 Å². The molecule has 0 saturated carbocycles. The first-order valence-corrected chi connectivity index (χ1v) is 6.93. The number of hydrogen-bond acceptors (Lipinski definition) is 3. The molecular weight excluding hydrogens is 212 g/mol. The van der Waals surface area contributed by atoms with Crippen LogP contribution in [-0.4, -0.2) is 20.8 Å². The number of rotatable bonds is 5. The van der Waals surface area contributed by atoms with Gasteiger partial charge in [-0.2, -0.15) is 0 Å². The van der Waals surface area contributed by atoms with Crippen LogP contribution in [0.3, 0.4) is 0 Å². The van der Waals surface area contributed by atoms with E-state index in [1.54, 1.807) is 0 Å². The zero-order valence-corrected chi connectivity index (χ0v) is 11.0. The van der Waals surface area contributed by atoms with E-state index in [1.807, 2.05) is 0 Å². The largest absolute Gasteiger partial charge is 0.326 e. The molecule has 0 aromatic carbocycles. The Morgan fingerprint density at radius 1 is 1.41 bits per heavy atom. The van der Waals surface area contributed by atoms with Gasteiger partial charge in [-0.25, -0.2) is 0 Å². The molecule has 17 heavy (non-hydrogen) atoms. The van der Waals surface area contributed by atoms with Gasteiger partial charge in [-0.05, 0) is 19.3 Å². The fourth-order valence-electron chi connectivity index (χ4n) is 2.64. The second-order valence-corrected chi connectivity index (χ2v) is 5.13. The van der Waals surface area contributed by atoms with Crippen molar-refractivity contribution in [3.63, 3.8) is 0 Å². The maximum Gasteiger partial charge on any atom is 0.136 e. The summed E-state index contributed by atoms with van der Waals surface area (Å²) in [6.07, 6.45) is 6.92. The van der Waals surface area contributed by atoms with Crippen LogP contribution >= 0.6 is 0 Å². The molecule has 2 rings (SSSR count). The van der Waals surface area contributed by atoms with Gasteiger partial charge in [0.1, 0.15) is 11.6 Å². The average molecular weight is 236 g/mol. The topological polar surface area (TPSA) is 56.7 Å². The van der Waals surface area contributed by atoms with E-state index in [-0.39, 0.29) is 6.04 Å². The molecule has 0 fully saturated rings. The summed E-state index contributed by atoms with van der Waals surface area (Å²) < 4.78 is 2.28. The number of fused-ring (bicyclic) bond motifs is 1. The monoisotopic (exact) mass is 236 g/mol. The molecule has 1 aliphatic rings. The second kappa shape index (κ2) is 5.63. The van der Waals surface area contributed by atoms with Crippen LogP contribution in [0, 0.1) is 0 Å². The first kappa shape index (κ1) is 12.6. The van der Waals surface area contributed by atoms with Crippen LogP contribution < -0.4 is 5.73 Å². The quantitative estimate of drug-likeness (QED) is 0.853. The normalized spacial score (nSPS) is 21.2. The molecular formula is C13H24N4. The highest BCUT2D eigenvalue weighted by molar-refractivity contribution is 5.05. The third-order valence-electron chi connectivity index (χ3n) is 3.78. The number of hydrogen-bond donors (Lipinski definition) is 1. The number of aromatic nitrogens is 3. The summed E-state index contributed by atoms with van der Waals surface area (Å²) in [6.45, 7) is 5.38. The Morgan fingerprint density at radius 3 is 2.94 bits per heavy atom. The minimum atomic E-state index is 0.279. The van der Waals surface area contributed by atoms with Crippen molar-refractivity contribution in [2.75, 3.05) is 0 Å². The second-order valence-electron chi connectivity index (χ2n) is 5.13. The summed E-state index contributed by atoms with van der Waals surface area (Å²) >= 11 is 0. The van der Waals surface area contributed by atoms with Crippen LogP contribution in [0.1, 0.15) is 63.5 Å². The molecule has 0 aliphatic carbocycles. The van der Waals surface area contributed by atoms with Gasteiger partial charge >= 0.3 is 0 Å². The summed E-state index contributed by atoms with van der Waals surface area (Å²) in [7, 11) is 0. The van der Waals surface area contributed by atoms with Gasteiger partial charge in [0.05, 0.1) is 0 Å². The standard InChI is InChI=1S/C13H24N4/c1-3-5-6-10(4-2)13-16-15-12-8-7-11(14)9-17(12)13/h10-11H,3-9,14H2,1-2H3. The fraction of sp³-hybridized carbons (Fsp3) is 0.846. The van der Waals surface area contributed by atoms with Gasteiger partial charge in [-0.3, -0.25) is 0 Å². The van der Waals surface area contributed by atoms with Crippen LogP contribution in [-0.2, 0) is 13.0 Å². The lowest BCUT2D eigenvalue weighted by atomic mass is 9.97. The Balaban J connectivity index is 2.17. The van der Waals surface area contributed by atoms with Gasteiger partial charge in [-0.15, -0.1) is 10.2 Å². The maximum atomic E-state index is 6.04. The highest BCUT2D eigenvalue weighted by atomic mass is 15.3. The fourth-order valence-corrected chi connectivity index (χ4v) is 2.64. The molecule has 0 spiro atoms.